The fourth-order valence-corrected chi connectivity index (χ4v) is 4.59. The van der Waals surface area contributed by atoms with E-state index in [1.54, 1.807) is 11.0 Å². The predicted octanol–water partition coefficient (Wildman–Crippen LogP) is 4.28. The zero-order valence-corrected chi connectivity index (χ0v) is 20.8. The van der Waals surface area contributed by atoms with Crippen molar-refractivity contribution >= 4 is 28.5 Å². The summed E-state index contributed by atoms with van der Waals surface area (Å²) in [5.41, 5.74) is 2.30. The van der Waals surface area contributed by atoms with Crippen molar-refractivity contribution in [1.29, 1.82) is 0 Å². The molecule has 1 fully saturated rings. The highest BCUT2D eigenvalue weighted by atomic mass is 16.2. The largest absolute Gasteiger partial charge is 0.340 e. The van der Waals surface area contributed by atoms with E-state index in [9.17, 15) is 14.4 Å². The van der Waals surface area contributed by atoms with E-state index in [1.807, 2.05) is 93.3 Å². The first-order chi connectivity index (χ1) is 16.7. The Morgan fingerprint density at radius 1 is 0.886 bits per heavy atom. The molecule has 6 heteroatoms. The van der Waals surface area contributed by atoms with E-state index in [0.717, 1.165) is 16.3 Å². The molecular formula is C29H33N3O3. The highest BCUT2D eigenvalue weighted by molar-refractivity contribution is 6.01. The third-order valence-corrected chi connectivity index (χ3v) is 6.73. The molecule has 0 spiro atoms. The zero-order chi connectivity index (χ0) is 25.1. The van der Waals surface area contributed by atoms with Crippen molar-refractivity contribution in [3.63, 3.8) is 0 Å². The van der Waals surface area contributed by atoms with E-state index in [2.05, 4.69) is 5.32 Å². The van der Waals surface area contributed by atoms with Gasteiger partial charge < -0.3 is 15.1 Å². The molecule has 0 aromatic heterocycles. The zero-order valence-electron chi connectivity index (χ0n) is 20.8. The van der Waals surface area contributed by atoms with Gasteiger partial charge in [0.25, 0.3) is 11.8 Å². The topological polar surface area (TPSA) is 69.7 Å². The molecule has 1 aliphatic rings. The molecule has 4 rings (SSSR count). The number of carbonyl (C=O) groups excluding carboxylic acids is 3. The van der Waals surface area contributed by atoms with E-state index in [1.165, 1.54) is 0 Å². The van der Waals surface area contributed by atoms with Gasteiger partial charge in [0.2, 0.25) is 5.91 Å². The van der Waals surface area contributed by atoms with Crippen LogP contribution < -0.4 is 5.32 Å². The minimum atomic E-state index is -0.638. The predicted molar refractivity (Wildman–Crippen MR) is 138 cm³/mol. The van der Waals surface area contributed by atoms with Crippen LogP contribution in [0, 0.1) is 12.8 Å². The lowest BCUT2D eigenvalue weighted by Gasteiger charge is -2.41. The smallest absolute Gasteiger partial charge is 0.254 e. The molecule has 3 aromatic carbocycles. The van der Waals surface area contributed by atoms with E-state index < -0.39 is 6.04 Å². The van der Waals surface area contributed by atoms with Gasteiger partial charge in [-0.3, -0.25) is 14.4 Å². The van der Waals surface area contributed by atoms with Gasteiger partial charge in [0, 0.05) is 36.8 Å². The summed E-state index contributed by atoms with van der Waals surface area (Å²) in [5, 5.41) is 5.01. The van der Waals surface area contributed by atoms with Gasteiger partial charge in [-0.25, -0.2) is 0 Å². The summed E-state index contributed by atoms with van der Waals surface area (Å²) in [6.07, 6.45) is 0. The summed E-state index contributed by atoms with van der Waals surface area (Å²) in [7, 11) is 0. The quantitative estimate of drug-likeness (QED) is 0.604. The molecule has 0 aliphatic carbocycles. The molecule has 2 atom stereocenters. The van der Waals surface area contributed by atoms with Crippen LogP contribution in [0.15, 0.2) is 66.7 Å². The molecule has 3 aromatic rings. The van der Waals surface area contributed by atoms with Crippen LogP contribution in [0.4, 0.5) is 0 Å². The summed E-state index contributed by atoms with van der Waals surface area (Å²) in [4.78, 5) is 43.1. The summed E-state index contributed by atoms with van der Waals surface area (Å²) >= 11 is 0. The van der Waals surface area contributed by atoms with E-state index in [4.69, 9.17) is 0 Å². The normalized spacial score (nSPS) is 16.9. The molecule has 0 radical (unpaired) electrons. The second kappa shape index (κ2) is 10.3. The van der Waals surface area contributed by atoms with Crippen LogP contribution in [0.3, 0.4) is 0 Å². The summed E-state index contributed by atoms with van der Waals surface area (Å²) in [6.45, 7) is 9.16. The maximum absolute atomic E-state index is 13.5. The van der Waals surface area contributed by atoms with Crippen LogP contribution in [0.1, 0.15) is 47.1 Å². The number of rotatable bonds is 5. The highest BCUT2D eigenvalue weighted by Crippen LogP contribution is 2.19. The number of carbonyl (C=O) groups is 3. The minimum Gasteiger partial charge on any atom is -0.340 e. The lowest BCUT2D eigenvalue weighted by Crippen LogP contribution is -2.59. The van der Waals surface area contributed by atoms with Gasteiger partial charge in [0.15, 0.2) is 0 Å². The molecule has 2 unspecified atom stereocenters. The molecular weight excluding hydrogens is 438 g/mol. The van der Waals surface area contributed by atoms with Crippen LogP contribution in [-0.2, 0) is 4.79 Å². The Morgan fingerprint density at radius 3 is 2.20 bits per heavy atom. The molecule has 1 aliphatic heterocycles. The van der Waals surface area contributed by atoms with Crippen molar-refractivity contribution in [1.82, 2.24) is 15.1 Å². The highest BCUT2D eigenvalue weighted by Gasteiger charge is 2.35. The second-order valence-corrected chi connectivity index (χ2v) is 9.75. The van der Waals surface area contributed by atoms with Gasteiger partial charge in [-0.05, 0) is 54.8 Å². The number of hydrogen-bond donors (Lipinski definition) is 1. The SMILES string of the molecule is Cc1ccc(C(=O)N2CCN(C(=O)C(NC(=O)c3ccc4ccccc4c3)C(C)C)CC2C)cc1. The number of nitrogens with zero attached hydrogens (tertiary/aromatic N) is 2. The molecule has 0 saturated carbocycles. The van der Waals surface area contributed by atoms with Crippen LogP contribution in [0.5, 0.6) is 0 Å². The van der Waals surface area contributed by atoms with Crippen LogP contribution >= 0.6 is 0 Å². The number of piperazine rings is 1. The summed E-state index contributed by atoms with van der Waals surface area (Å²) in [5.74, 6) is -0.462. The number of benzene rings is 3. The molecule has 182 valence electrons. The third-order valence-electron chi connectivity index (χ3n) is 6.73. The van der Waals surface area contributed by atoms with E-state index in [-0.39, 0.29) is 29.7 Å². The summed E-state index contributed by atoms with van der Waals surface area (Å²) in [6, 6.07) is 20.2. The monoisotopic (exact) mass is 471 g/mol. The average molecular weight is 472 g/mol. The van der Waals surface area contributed by atoms with Gasteiger partial charge in [-0.15, -0.1) is 0 Å². The third kappa shape index (κ3) is 5.37. The number of fused-ring (bicyclic) bond motifs is 1. The fraction of sp³-hybridized carbons (Fsp3) is 0.345. The van der Waals surface area contributed by atoms with Gasteiger partial charge >= 0.3 is 0 Å². The minimum absolute atomic E-state index is 0.0189. The number of nitrogens with one attached hydrogen (secondary N) is 1. The van der Waals surface area contributed by atoms with Gasteiger partial charge in [-0.2, -0.15) is 0 Å². The maximum atomic E-state index is 13.5. The van der Waals surface area contributed by atoms with Crippen LogP contribution in [-0.4, -0.2) is 59.2 Å². The maximum Gasteiger partial charge on any atom is 0.254 e. The Morgan fingerprint density at radius 2 is 1.54 bits per heavy atom. The van der Waals surface area contributed by atoms with Crippen molar-refractivity contribution in [2.24, 2.45) is 5.92 Å². The van der Waals surface area contributed by atoms with E-state index in [0.29, 0.717) is 30.8 Å². The van der Waals surface area contributed by atoms with Crippen molar-refractivity contribution in [2.75, 3.05) is 19.6 Å². The molecule has 0 bridgehead atoms. The molecule has 1 saturated heterocycles. The van der Waals surface area contributed by atoms with Gasteiger partial charge in [0.1, 0.15) is 6.04 Å². The van der Waals surface area contributed by atoms with Crippen LogP contribution in [0.25, 0.3) is 10.8 Å². The summed E-state index contributed by atoms with van der Waals surface area (Å²) < 4.78 is 0. The molecule has 6 nitrogen and oxygen atoms in total. The Hall–Kier alpha value is -3.67. The van der Waals surface area contributed by atoms with Crippen molar-refractivity contribution in [2.45, 2.75) is 39.8 Å². The lowest BCUT2D eigenvalue weighted by atomic mass is 10.00. The standard InChI is InChI=1S/C29H33N3O3/c1-19(2)26(30-27(33)25-14-13-22-7-5-6-8-24(22)17-25)29(35)31-15-16-32(21(4)18-31)28(34)23-11-9-20(3)10-12-23/h5-14,17,19,21,26H,15-16,18H2,1-4H3,(H,30,33). The van der Waals surface area contributed by atoms with Gasteiger partial charge in [-0.1, -0.05) is 61.9 Å². The van der Waals surface area contributed by atoms with Crippen molar-refractivity contribution < 1.29 is 14.4 Å². The first-order valence-corrected chi connectivity index (χ1v) is 12.2. The first kappa shape index (κ1) is 24.5. The molecule has 3 amide bonds. The fourth-order valence-electron chi connectivity index (χ4n) is 4.59. The Kier molecular flexibility index (Phi) is 7.20. The number of amides is 3. The van der Waals surface area contributed by atoms with Crippen LogP contribution in [0.2, 0.25) is 0 Å². The Bertz CT molecular complexity index is 1240. The van der Waals surface area contributed by atoms with Crippen molar-refractivity contribution in [3.05, 3.63) is 83.4 Å². The Balaban J connectivity index is 1.43. The second-order valence-electron chi connectivity index (χ2n) is 9.75. The number of aryl methyl sites for hydroxylation is 1. The molecule has 1 heterocycles. The average Bonchev–Trinajstić information content (AvgIpc) is 2.86. The molecule has 35 heavy (non-hydrogen) atoms. The number of hydrogen-bond acceptors (Lipinski definition) is 3. The van der Waals surface area contributed by atoms with Crippen molar-refractivity contribution in [3.8, 4) is 0 Å². The molecule has 1 N–H and O–H groups in total. The van der Waals surface area contributed by atoms with E-state index >= 15 is 0 Å². The lowest BCUT2D eigenvalue weighted by molar-refractivity contribution is -0.136. The van der Waals surface area contributed by atoms with Gasteiger partial charge in [0.05, 0.1) is 0 Å². The Labute approximate surface area is 206 Å². The first-order valence-electron chi connectivity index (χ1n) is 12.2.